The summed E-state index contributed by atoms with van der Waals surface area (Å²) in [6, 6.07) is 5.44. The first-order valence-corrected chi connectivity index (χ1v) is 8.08. The lowest BCUT2D eigenvalue weighted by atomic mass is 9.94. The molecule has 2 atom stereocenters. The van der Waals surface area contributed by atoms with Crippen LogP contribution in [0.4, 0.5) is 14.5 Å². The highest BCUT2D eigenvalue weighted by Crippen LogP contribution is 2.28. The number of nitrogens with zero attached hydrogens (tertiary/aromatic N) is 1. The van der Waals surface area contributed by atoms with Gasteiger partial charge in [0.15, 0.2) is 11.6 Å². The zero-order valence-corrected chi connectivity index (χ0v) is 12.6. The van der Waals surface area contributed by atoms with Gasteiger partial charge in [0, 0.05) is 25.2 Å². The average molecular weight is 294 g/mol. The maximum absolute atomic E-state index is 14.0. The van der Waals surface area contributed by atoms with Crippen molar-refractivity contribution in [2.75, 3.05) is 18.0 Å². The monoisotopic (exact) mass is 294 g/mol. The molecule has 0 amide bonds. The van der Waals surface area contributed by atoms with Crippen molar-refractivity contribution in [1.29, 1.82) is 0 Å². The smallest absolute Gasteiger partial charge is 0.182 e. The minimum Gasteiger partial charge on any atom is -0.367 e. The number of piperidine rings is 1. The third-order valence-corrected chi connectivity index (χ3v) is 4.76. The molecule has 116 valence electrons. The first-order chi connectivity index (χ1) is 10.1. The van der Waals surface area contributed by atoms with Gasteiger partial charge in [-0.05, 0) is 37.3 Å². The summed E-state index contributed by atoms with van der Waals surface area (Å²) >= 11 is 0. The quantitative estimate of drug-likeness (QED) is 0.914. The lowest BCUT2D eigenvalue weighted by Crippen LogP contribution is -2.51. The van der Waals surface area contributed by atoms with Crippen LogP contribution in [0.5, 0.6) is 0 Å². The van der Waals surface area contributed by atoms with Crippen LogP contribution in [0.1, 0.15) is 39.0 Å². The van der Waals surface area contributed by atoms with Crippen LogP contribution in [0, 0.1) is 17.6 Å². The van der Waals surface area contributed by atoms with Crippen molar-refractivity contribution in [3.63, 3.8) is 0 Å². The molecule has 3 rings (SSSR count). The fourth-order valence-electron chi connectivity index (χ4n) is 3.83. The summed E-state index contributed by atoms with van der Waals surface area (Å²) < 4.78 is 27.4. The van der Waals surface area contributed by atoms with Gasteiger partial charge in [-0.1, -0.05) is 25.8 Å². The van der Waals surface area contributed by atoms with E-state index in [4.69, 9.17) is 0 Å². The Kier molecular flexibility index (Phi) is 4.43. The standard InChI is InChI=1S/C17H24F2N2/c1-12-9-14(20-13-5-2-3-6-13)11-21(10-12)16-8-4-7-15(18)17(16)19/h4,7-8,12-14,20H,2-3,5-6,9-11H2,1H3. The van der Waals surface area contributed by atoms with Crippen LogP contribution in [0.15, 0.2) is 18.2 Å². The van der Waals surface area contributed by atoms with Gasteiger partial charge in [-0.25, -0.2) is 8.78 Å². The summed E-state index contributed by atoms with van der Waals surface area (Å²) in [6.07, 6.45) is 6.23. The summed E-state index contributed by atoms with van der Waals surface area (Å²) in [5, 5.41) is 3.72. The van der Waals surface area contributed by atoms with Gasteiger partial charge >= 0.3 is 0 Å². The second kappa shape index (κ2) is 6.30. The predicted molar refractivity (Wildman–Crippen MR) is 81.5 cm³/mol. The van der Waals surface area contributed by atoms with Gasteiger partial charge in [0.1, 0.15) is 0 Å². The van der Waals surface area contributed by atoms with Gasteiger partial charge < -0.3 is 10.2 Å². The third kappa shape index (κ3) is 3.37. The molecule has 21 heavy (non-hydrogen) atoms. The number of hydrogen-bond acceptors (Lipinski definition) is 2. The van der Waals surface area contributed by atoms with E-state index in [2.05, 4.69) is 12.2 Å². The molecule has 1 N–H and O–H groups in total. The van der Waals surface area contributed by atoms with Crippen molar-refractivity contribution < 1.29 is 8.78 Å². The molecule has 0 aromatic heterocycles. The molecule has 1 aromatic rings. The minimum atomic E-state index is -0.758. The second-order valence-corrected chi connectivity index (χ2v) is 6.66. The van der Waals surface area contributed by atoms with Gasteiger partial charge in [0.05, 0.1) is 5.69 Å². The van der Waals surface area contributed by atoms with Crippen LogP contribution in [-0.2, 0) is 0 Å². The van der Waals surface area contributed by atoms with Crippen LogP contribution in [0.25, 0.3) is 0 Å². The van der Waals surface area contributed by atoms with Gasteiger partial charge in [-0.15, -0.1) is 0 Å². The molecule has 4 heteroatoms. The Morgan fingerprint density at radius 2 is 1.86 bits per heavy atom. The first kappa shape index (κ1) is 14.8. The average Bonchev–Trinajstić information content (AvgIpc) is 2.94. The van der Waals surface area contributed by atoms with Gasteiger partial charge in [-0.2, -0.15) is 0 Å². The highest BCUT2D eigenvalue weighted by atomic mass is 19.2. The van der Waals surface area contributed by atoms with E-state index in [9.17, 15) is 8.78 Å². The Morgan fingerprint density at radius 1 is 1.10 bits per heavy atom. The van der Waals surface area contributed by atoms with Crippen molar-refractivity contribution in [1.82, 2.24) is 5.32 Å². The Morgan fingerprint density at radius 3 is 2.62 bits per heavy atom. The number of rotatable bonds is 3. The van der Waals surface area contributed by atoms with Crippen LogP contribution in [0.2, 0.25) is 0 Å². The molecular weight excluding hydrogens is 270 g/mol. The van der Waals surface area contributed by atoms with E-state index in [1.54, 1.807) is 12.1 Å². The molecule has 2 aliphatic rings. The molecule has 1 saturated carbocycles. The van der Waals surface area contributed by atoms with Crippen LogP contribution >= 0.6 is 0 Å². The van der Waals surface area contributed by atoms with E-state index in [1.807, 2.05) is 4.90 Å². The first-order valence-electron chi connectivity index (χ1n) is 8.08. The molecule has 0 bridgehead atoms. The zero-order valence-electron chi connectivity index (χ0n) is 12.6. The van der Waals surface area contributed by atoms with Crippen molar-refractivity contribution in [2.24, 2.45) is 5.92 Å². The molecular formula is C17H24F2N2. The van der Waals surface area contributed by atoms with E-state index in [0.29, 0.717) is 23.7 Å². The fraction of sp³-hybridized carbons (Fsp3) is 0.647. The summed E-state index contributed by atoms with van der Waals surface area (Å²) in [7, 11) is 0. The lowest BCUT2D eigenvalue weighted by Gasteiger charge is -2.39. The minimum absolute atomic E-state index is 0.375. The zero-order chi connectivity index (χ0) is 14.8. The normalized spacial score (nSPS) is 27.3. The molecule has 1 aromatic carbocycles. The topological polar surface area (TPSA) is 15.3 Å². The van der Waals surface area contributed by atoms with Crippen LogP contribution in [0.3, 0.4) is 0 Å². The van der Waals surface area contributed by atoms with E-state index in [1.165, 1.54) is 31.7 Å². The second-order valence-electron chi connectivity index (χ2n) is 6.66. The largest absolute Gasteiger partial charge is 0.367 e. The Labute approximate surface area is 125 Å². The summed E-state index contributed by atoms with van der Waals surface area (Å²) in [5.74, 6) is -0.988. The maximum atomic E-state index is 14.0. The Hall–Kier alpha value is -1.16. The molecule has 2 fully saturated rings. The molecule has 2 unspecified atom stereocenters. The van der Waals surface area contributed by atoms with Crippen molar-refractivity contribution in [3.05, 3.63) is 29.8 Å². The molecule has 1 saturated heterocycles. The van der Waals surface area contributed by atoms with Gasteiger partial charge in [-0.3, -0.25) is 0 Å². The van der Waals surface area contributed by atoms with Gasteiger partial charge in [0.2, 0.25) is 0 Å². The van der Waals surface area contributed by atoms with E-state index in [0.717, 1.165) is 19.5 Å². The summed E-state index contributed by atoms with van der Waals surface area (Å²) in [4.78, 5) is 2.00. The maximum Gasteiger partial charge on any atom is 0.182 e. The third-order valence-electron chi connectivity index (χ3n) is 4.76. The van der Waals surface area contributed by atoms with Crippen LogP contribution < -0.4 is 10.2 Å². The Bertz CT molecular complexity index is 486. The predicted octanol–water partition coefficient (Wildman–Crippen LogP) is 3.71. The van der Waals surface area contributed by atoms with Crippen LogP contribution in [-0.4, -0.2) is 25.2 Å². The molecule has 1 aliphatic heterocycles. The van der Waals surface area contributed by atoms with Crippen molar-refractivity contribution in [3.8, 4) is 0 Å². The highest BCUT2D eigenvalue weighted by molar-refractivity contribution is 5.48. The molecule has 1 heterocycles. The summed E-state index contributed by atoms with van der Waals surface area (Å²) in [6.45, 7) is 3.75. The molecule has 0 spiro atoms. The number of anilines is 1. The Balaban J connectivity index is 1.71. The van der Waals surface area contributed by atoms with Crippen molar-refractivity contribution >= 4 is 5.69 Å². The van der Waals surface area contributed by atoms with E-state index in [-0.39, 0.29) is 0 Å². The molecule has 1 aliphatic carbocycles. The van der Waals surface area contributed by atoms with Gasteiger partial charge in [0.25, 0.3) is 0 Å². The number of nitrogens with one attached hydrogen (secondary N) is 1. The van der Waals surface area contributed by atoms with E-state index < -0.39 is 11.6 Å². The number of hydrogen-bond donors (Lipinski definition) is 1. The fourth-order valence-corrected chi connectivity index (χ4v) is 3.83. The number of benzene rings is 1. The van der Waals surface area contributed by atoms with Crippen molar-refractivity contribution in [2.45, 2.75) is 51.1 Å². The molecule has 0 radical (unpaired) electrons. The SMILES string of the molecule is CC1CC(NC2CCCC2)CN(c2cccc(F)c2F)C1. The number of halogens is 2. The highest BCUT2D eigenvalue weighted by Gasteiger charge is 2.29. The van der Waals surface area contributed by atoms with E-state index >= 15 is 0 Å². The summed E-state index contributed by atoms with van der Waals surface area (Å²) in [5.41, 5.74) is 0.403. The molecule has 2 nitrogen and oxygen atoms in total. The lowest BCUT2D eigenvalue weighted by molar-refractivity contribution is 0.320.